The Hall–Kier alpha value is -2.75. The molecule has 0 spiro atoms. The summed E-state index contributed by atoms with van der Waals surface area (Å²) in [7, 11) is 1.58. The normalized spacial score (nSPS) is 34.5. The lowest BCUT2D eigenvalue weighted by Crippen LogP contribution is -2.51. The molecule has 3 fully saturated rings. The number of hydrogen-bond donors (Lipinski definition) is 1. The molecule has 1 saturated heterocycles. The molecule has 1 N–H and O–H groups in total. The summed E-state index contributed by atoms with van der Waals surface area (Å²) in [4.78, 5) is 27.8. The van der Waals surface area contributed by atoms with Crippen molar-refractivity contribution in [2.75, 3.05) is 38.3 Å². The molecule has 5 aliphatic rings. The number of allylic oxidation sites excluding steroid dienone is 3. The molecule has 0 aromatic heterocycles. The van der Waals surface area contributed by atoms with E-state index < -0.39 is 5.41 Å². The van der Waals surface area contributed by atoms with Gasteiger partial charge in [-0.2, -0.15) is 4.91 Å². The number of nitroso groups, excluding NO2 is 1. The third kappa shape index (κ3) is 4.70. The van der Waals surface area contributed by atoms with Crippen LogP contribution in [0.25, 0.3) is 0 Å². The minimum atomic E-state index is -0.826. The lowest BCUT2D eigenvalue weighted by Gasteiger charge is -2.54. The molecule has 218 valence electrons. The zero-order valence-electron chi connectivity index (χ0n) is 24.7. The highest BCUT2D eigenvalue weighted by Crippen LogP contribution is 2.69. The van der Waals surface area contributed by atoms with Crippen molar-refractivity contribution in [3.05, 3.63) is 57.5 Å². The standard InChI is InChI=1S/C35H44N2O4/c1-34-22-30(24-7-11-27(12-8-24)37-18-4-3-5-19-37)33-28-14-10-26(36-40)21-25(28)9-13-29(33)31(34)15-17-35(34,16-6-20-38)32(39)23-41-2/h7-8,11-12,21,26,29-31,38H,3-5,9-10,13-15,17-20,22-23H2,1-2H3/t26?,29-,30?,31-,34-,35+/m0/s1. The quantitative estimate of drug-likeness (QED) is 0.327. The van der Waals surface area contributed by atoms with Gasteiger partial charge in [-0.15, -0.1) is 0 Å². The maximum Gasteiger partial charge on any atom is 0.176 e. The maximum atomic E-state index is 13.9. The number of aliphatic hydroxyl groups is 1. The van der Waals surface area contributed by atoms with Gasteiger partial charge in [0.15, 0.2) is 5.78 Å². The zero-order valence-corrected chi connectivity index (χ0v) is 24.7. The second kappa shape index (κ2) is 11.5. The third-order valence-corrected chi connectivity index (χ3v) is 11.3. The number of fused-ring (bicyclic) bond motifs is 4. The third-order valence-electron chi connectivity index (χ3n) is 11.3. The second-order valence-electron chi connectivity index (χ2n) is 13.2. The number of carbonyl (C=O) groups is 1. The number of rotatable bonds is 6. The van der Waals surface area contributed by atoms with E-state index in [0.29, 0.717) is 18.3 Å². The van der Waals surface area contributed by atoms with Gasteiger partial charge in [0, 0.05) is 31.8 Å². The van der Waals surface area contributed by atoms with Crippen LogP contribution in [0.5, 0.6) is 0 Å². The number of piperidine rings is 1. The van der Waals surface area contributed by atoms with E-state index in [1.54, 1.807) is 12.7 Å². The molecule has 1 aromatic carbocycles. The summed E-state index contributed by atoms with van der Waals surface area (Å²) in [5.41, 5.74) is 5.77. The molecule has 6 heteroatoms. The number of carbonyl (C=O) groups excluding carboxylic acids is 1. The van der Waals surface area contributed by atoms with Gasteiger partial charge < -0.3 is 14.7 Å². The van der Waals surface area contributed by atoms with E-state index in [1.165, 1.54) is 41.7 Å². The van der Waals surface area contributed by atoms with Crippen LogP contribution in [0.3, 0.4) is 0 Å². The van der Waals surface area contributed by atoms with Crippen LogP contribution < -0.4 is 4.90 Å². The van der Waals surface area contributed by atoms with Gasteiger partial charge in [0.05, 0.1) is 5.41 Å². The Morgan fingerprint density at radius 3 is 2.61 bits per heavy atom. The van der Waals surface area contributed by atoms with Gasteiger partial charge in [-0.25, -0.2) is 0 Å². The van der Waals surface area contributed by atoms with Crippen LogP contribution in [0.2, 0.25) is 0 Å². The van der Waals surface area contributed by atoms with Gasteiger partial charge in [-0.1, -0.05) is 47.7 Å². The van der Waals surface area contributed by atoms with E-state index in [2.05, 4.69) is 59.2 Å². The van der Waals surface area contributed by atoms with Gasteiger partial charge >= 0.3 is 0 Å². The molecule has 2 saturated carbocycles. The summed E-state index contributed by atoms with van der Waals surface area (Å²) in [5, 5.41) is 13.1. The van der Waals surface area contributed by atoms with Crippen molar-refractivity contribution >= 4 is 11.5 Å². The first-order chi connectivity index (χ1) is 20.0. The van der Waals surface area contributed by atoms with E-state index in [4.69, 9.17) is 4.74 Å². The van der Waals surface area contributed by atoms with Crippen molar-refractivity contribution in [2.45, 2.75) is 83.1 Å². The Bertz CT molecular complexity index is 1300. The van der Waals surface area contributed by atoms with Gasteiger partial charge in [-0.05, 0) is 110 Å². The van der Waals surface area contributed by atoms with Crippen LogP contribution in [0.1, 0.15) is 82.6 Å². The van der Waals surface area contributed by atoms with Crippen molar-refractivity contribution in [1.82, 2.24) is 0 Å². The summed E-state index contributed by atoms with van der Waals surface area (Å²) in [6.07, 6.45) is 12.1. The molecule has 6 rings (SSSR count). The fraction of sp³-hybridized carbons (Fsp3) is 0.629. The van der Waals surface area contributed by atoms with Gasteiger partial charge in [0.2, 0.25) is 0 Å². The van der Waals surface area contributed by atoms with E-state index in [-0.39, 0.29) is 36.4 Å². The number of ketones is 1. The highest BCUT2D eigenvalue weighted by molar-refractivity contribution is 5.90. The minimum absolute atomic E-state index is 0.0448. The molecule has 0 amide bonds. The number of methoxy groups -OCH3 is 1. The number of anilines is 1. The van der Waals surface area contributed by atoms with E-state index in [9.17, 15) is 14.8 Å². The predicted octanol–water partition coefficient (Wildman–Crippen LogP) is 6.34. The zero-order chi connectivity index (χ0) is 28.6. The average Bonchev–Trinajstić information content (AvgIpc) is 3.32. The summed E-state index contributed by atoms with van der Waals surface area (Å²) in [5.74, 6) is 7.21. The first-order valence-electron chi connectivity index (χ1n) is 15.7. The van der Waals surface area contributed by atoms with Crippen LogP contribution in [0, 0.1) is 39.4 Å². The minimum Gasteiger partial charge on any atom is -0.384 e. The number of ether oxygens (including phenoxy) is 1. The van der Waals surface area contributed by atoms with Crippen LogP contribution >= 0.6 is 0 Å². The molecule has 1 heterocycles. The van der Waals surface area contributed by atoms with Crippen molar-refractivity contribution in [1.29, 1.82) is 0 Å². The molecule has 6 nitrogen and oxygen atoms in total. The first-order valence-corrected chi connectivity index (χ1v) is 15.7. The summed E-state index contributed by atoms with van der Waals surface area (Å²) in [6.45, 7) is 4.34. The summed E-state index contributed by atoms with van der Waals surface area (Å²) >= 11 is 0. The van der Waals surface area contributed by atoms with Gasteiger partial charge in [-0.3, -0.25) is 4.79 Å². The Balaban J connectivity index is 1.47. The van der Waals surface area contributed by atoms with Crippen LogP contribution in [-0.2, 0) is 9.53 Å². The lowest BCUT2D eigenvalue weighted by molar-refractivity contribution is -0.136. The largest absolute Gasteiger partial charge is 0.384 e. The van der Waals surface area contributed by atoms with Crippen molar-refractivity contribution in [3.8, 4) is 11.8 Å². The van der Waals surface area contributed by atoms with E-state index in [1.807, 2.05) is 0 Å². The smallest absolute Gasteiger partial charge is 0.176 e. The summed E-state index contributed by atoms with van der Waals surface area (Å²) < 4.78 is 5.39. The fourth-order valence-corrected chi connectivity index (χ4v) is 9.44. The van der Waals surface area contributed by atoms with Crippen LogP contribution in [0.4, 0.5) is 5.69 Å². The Labute approximate surface area is 244 Å². The molecule has 41 heavy (non-hydrogen) atoms. The van der Waals surface area contributed by atoms with Crippen LogP contribution in [-0.4, -0.2) is 50.3 Å². The molecule has 1 aromatic rings. The average molecular weight is 557 g/mol. The number of benzene rings is 1. The second-order valence-corrected chi connectivity index (χ2v) is 13.2. The number of Topliss-reactive ketones (excluding diaryl/α,β-unsaturated/α-hetero) is 1. The molecule has 0 bridgehead atoms. The van der Waals surface area contributed by atoms with Gasteiger partial charge in [0.1, 0.15) is 19.3 Å². The molecular formula is C35H44N2O4. The van der Waals surface area contributed by atoms with Crippen molar-refractivity contribution in [3.63, 3.8) is 0 Å². The SMILES string of the molecule is COCC(=O)[C@@]1(C#CCO)CC[C@H]2[C@@H]3CCC4=CC(N=O)CCC4=C3C(c3ccc(N4CCCCC4)cc3)C[C@@]21C. The van der Waals surface area contributed by atoms with E-state index >= 15 is 0 Å². The molecule has 2 unspecified atom stereocenters. The van der Waals surface area contributed by atoms with Crippen molar-refractivity contribution in [2.24, 2.45) is 27.8 Å². The molecule has 4 aliphatic carbocycles. The van der Waals surface area contributed by atoms with E-state index in [0.717, 1.165) is 51.6 Å². The lowest BCUT2D eigenvalue weighted by atomic mass is 9.48. The molecule has 6 atom stereocenters. The summed E-state index contributed by atoms with van der Waals surface area (Å²) in [6, 6.07) is 9.03. The Morgan fingerprint density at radius 1 is 1.12 bits per heavy atom. The molecule has 0 radical (unpaired) electrons. The number of nitrogens with zero attached hydrogens (tertiary/aromatic N) is 2. The molecule has 1 aliphatic heterocycles. The van der Waals surface area contributed by atoms with Gasteiger partial charge in [0.25, 0.3) is 0 Å². The fourth-order valence-electron chi connectivity index (χ4n) is 9.44. The number of hydrogen-bond acceptors (Lipinski definition) is 6. The van der Waals surface area contributed by atoms with Crippen molar-refractivity contribution < 1.29 is 14.6 Å². The first kappa shape index (κ1) is 28.4. The monoisotopic (exact) mass is 556 g/mol. The Kier molecular flexibility index (Phi) is 7.96. The topological polar surface area (TPSA) is 79.2 Å². The highest BCUT2D eigenvalue weighted by Gasteiger charge is 2.65. The molecular weight excluding hydrogens is 512 g/mol. The predicted molar refractivity (Wildman–Crippen MR) is 162 cm³/mol. The maximum absolute atomic E-state index is 13.9. The Morgan fingerprint density at radius 2 is 1.90 bits per heavy atom. The highest BCUT2D eigenvalue weighted by atomic mass is 16.5. The number of aliphatic hydroxyl groups excluding tert-OH is 1. The van der Waals surface area contributed by atoms with Crippen LogP contribution in [0.15, 0.2) is 52.2 Å².